The van der Waals surface area contributed by atoms with Gasteiger partial charge in [-0.25, -0.2) is 8.42 Å². The molecule has 0 aromatic heterocycles. The van der Waals surface area contributed by atoms with Crippen molar-refractivity contribution in [2.24, 2.45) is 5.92 Å². The van der Waals surface area contributed by atoms with Crippen molar-refractivity contribution in [1.82, 2.24) is 4.90 Å². The predicted octanol–water partition coefficient (Wildman–Crippen LogP) is 1.54. The van der Waals surface area contributed by atoms with Gasteiger partial charge in [0.25, 0.3) is 0 Å². The molecule has 15 heavy (non-hydrogen) atoms. The fraction of sp³-hybridized carbons (Fsp3) is 1.00. The smallest absolute Gasteiger partial charge is 0.151 e. The van der Waals surface area contributed by atoms with Gasteiger partial charge in [0.2, 0.25) is 0 Å². The van der Waals surface area contributed by atoms with Gasteiger partial charge in [-0.15, -0.1) is 0 Å². The molecule has 0 aromatic rings. The van der Waals surface area contributed by atoms with E-state index >= 15 is 0 Å². The van der Waals surface area contributed by atoms with Crippen molar-refractivity contribution in [2.45, 2.75) is 39.7 Å². The molecule has 90 valence electrons. The Labute approximate surface area is 93.8 Å². The summed E-state index contributed by atoms with van der Waals surface area (Å²) in [4.78, 5) is 2.33. The lowest BCUT2D eigenvalue weighted by atomic mass is 10.1. The van der Waals surface area contributed by atoms with Gasteiger partial charge in [0.15, 0.2) is 9.84 Å². The number of hydrogen-bond acceptors (Lipinski definition) is 3. The van der Waals surface area contributed by atoms with Crippen molar-refractivity contribution in [3.05, 3.63) is 0 Å². The SMILES string of the molecule is CCCC(C)N1CCS(=O)(=O)CC(C)C1. The lowest BCUT2D eigenvalue weighted by Gasteiger charge is -2.28. The van der Waals surface area contributed by atoms with E-state index in [0.717, 1.165) is 13.0 Å². The van der Waals surface area contributed by atoms with Gasteiger partial charge in [-0.05, 0) is 19.3 Å². The molecule has 0 amide bonds. The van der Waals surface area contributed by atoms with Crippen molar-refractivity contribution in [2.75, 3.05) is 24.6 Å². The first-order valence-electron chi connectivity index (χ1n) is 5.89. The van der Waals surface area contributed by atoms with Gasteiger partial charge >= 0.3 is 0 Å². The highest BCUT2D eigenvalue weighted by Crippen LogP contribution is 2.15. The summed E-state index contributed by atoms with van der Waals surface area (Å²) in [5.74, 6) is 0.977. The third kappa shape index (κ3) is 4.11. The second-order valence-electron chi connectivity index (χ2n) is 4.85. The lowest BCUT2D eigenvalue weighted by Crippen LogP contribution is -2.37. The molecule has 0 saturated carbocycles. The van der Waals surface area contributed by atoms with Crippen LogP contribution in [-0.2, 0) is 9.84 Å². The molecule has 1 saturated heterocycles. The Morgan fingerprint density at radius 1 is 1.47 bits per heavy atom. The monoisotopic (exact) mass is 233 g/mol. The van der Waals surface area contributed by atoms with E-state index in [9.17, 15) is 8.42 Å². The molecule has 2 atom stereocenters. The van der Waals surface area contributed by atoms with E-state index < -0.39 is 9.84 Å². The van der Waals surface area contributed by atoms with Crippen LogP contribution in [0.3, 0.4) is 0 Å². The maximum absolute atomic E-state index is 11.6. The minimum atomic E-state index is -2.79. The summed E-state index contributed by atoms with van der Waals surface area (Å²) in [7, 11) is -2.79. The fourth-order valence-electron chi connectivity index (χ4n) is 2.32. The molecule has 3 nitrogen and oxygen atoms in total. The molecule has 0 radical (unpaired) electrons. The average molecular weight is 233 g/mol. The molecular formula is C11H23NO2S. The highest BCUT2D eigenvalue weighted by molar-refractivity contribution is 7.91. The Bertz CT molecular complexity index is 287. The van der Waals surface area contributed by atoms with Gasteiger partial charge in [-0.1, -0.05) is 20.3 Å². The molecule has 0 aromatic carbocycles. The first kappa shape index (κ1) is 13.0. The van der Waals surface area contributed by atoms with Crippen LogP contribution < -0.4 is 0 Å². The van der Waals surface area contributed by atoms with E-state index in [1.54, 1.807) is 0 Å². The number of sulfone groups is 1. The molecule has 1 rings (SSSR count). The van der Waals surface area contributed by atoms with Crippen molar-refractivity contribution in [3.8, 4) is 0 Å². The maximum Gasteiger partial charge on any atom is 0.151 e. The van der Waals surface area contributed by atoms with E-state index in [-0.39, 0.29) is 5.92 Å². The standard InChI is InChI=1S/C11H23NO2S/c1-4-5-11(3)12-6-7-15(13,14)9-10(2)8-12/h10-11H,4-9H2,1-3H3. The first-order valence-corrected chi connectivity index (χ1v) is 7.71. The molecule has 1 aliphatic rings. The van der Waals surface area contributed by atoms with Gasteiger partial charge in [0, 0.05) is 19.1 Å². The van der Waals surface area contributed by atoms with Gasteiger partial charge in [-0.2, -0.15) is 0 Å². The summed E-state index contributed by atoms with van der Waals surface area (Å²) in [5.41, 5.74) is 0. The quantitative estimate of drug-likeness (QED) is 0.742. The van der Waals surface area contributed by atoms with Crippen LogP contribution >= 0.6 is 0 Å². The minimum absolute atomic E-state index is 0.275. The molecule has 0 N–H and O–H groups in total. The van der Waals surface area contributed by atoms with E-state index in [0.29, 0.717) is 24.1 Å². The largest absolute Gasteiger partial charge is 0.299 e. The minimum Gasteiger partial charge on any atom is -0.299 e. The Kier molecular flexibility index (Phi) is 4.59. The van der Waals surface area contributed by atoms with Crippen LogP contribution in [0.15, 0.2) is 0 Å². The Balaban J connectivity index is 2.62. The van der Waals surface area contributed by atoms with Crippen LogP contribution in [0.25, 0.3) is 0 Å². The van der Waals surface area contributed by atoms with Gasteiger partial charge in [0.1, 0.15) is 0 Å². The average Bonchev–Trinajstić information content (AvgIpc) is 2.23. The summed E-state index contributed by atoms with van der Waals surface area (Å²) < 4.78 is 23.2. The fourth-order valence-corrected chi connectivity index (χ4v) is 3.97. The number of nitrogens with zero attached hydrogens (tertiary/aromatic N) is 1. The molecular weight excluding hydrogens is 210 g/mol. The van der Waals surface area contributed by atoms with E-state index in [2.05, 4.69) is 18.7 Å². The third-order valence-corrected chi connectivity index (χ3v) is 4.99. The van der Waals surface area contributed by atoms with Gasteiger partial charge in [0.05, 0.1) is 11.5 Å². The summed E-state index contributed by atoms with van der Waals surface area (Å²) in [6, 6.07) is 0.519. The van der Waals surface area contributed by atoms with Crippen LogP contribution in [0.1, 0.15) is 33.6 Å². The zero-order chi connectivity index (χ0) is 11.5. The molecule has 0 spiro atoms. The van der Waals surface area contributed by atoms with E-state index in [1.165, 1.54) is 6.42 Å². The highest BCUT2D eigenvalue weighted by atomic mass is 32.2. The van der Waals surface area contributed by atoms with Crippen molar-refractivity contribution < 1.29 is 8.42 Å². The number of rotatable bonds is 3. The summed E-state index contributed by atoms with van der Waals surface area (Å²) in [6.07, 6.45) is 2.32. The van der Waals surface area contributed by atoms with Crippen LogP contribution in [0.2, 0.25) is 0 Å². The molecule has 0 bridgehead atoms. The van der Waals surface area contributed by atoms with Gasteiger partial charge < -0.3 is 0 Å². The number of hydrogen-bond donors (Lipinski definition) is 0. The third-order valence-electron chi connectivity index (χ3n) is 3.10. The normalized spacial score (nSPS) is 29.7. The molecule has 4 heteroatoms. The summed E-state index contributed by atoms with van der Waals surface area (Å²) in [5, 5.41) is 0. The second kappa shape index (κ2) is 5.30. The second-order valence-corrected chi connectivity index (χ2v) is 7.08. The zero-order valence-corrected chi connectivity index (χ0v) is 10.9. The molecule has 0 aliphatic carbocycles. The van der Waals surface area contributed by atoms with Crippen LogP contribution in [0.4, 0.5) is 0 Å². The first-order chi connectivity index (χ1) is 6.94. The lowest BCUT2D eigenvalue weighted by molar-refractivity contribution is 0.193. The van der Waals surface area contributed by atoms with Crippen molar-refractivity contribution in [1.29, 1.82) is 0 Å². The zero-order valence-electron chi connectivity index (χ0n) is 10.1. The topological polar surface area (TPSA) is 37.4 Å². The molecule has 1 aliphatic heterocycles. The van der Waals surface area contributed by atoms with Crippen LogP contribution in [0.5, 0.6) is 0 Å². The van der Waals surface area contributed by atoms with Crippen LogP contribution in [0, 0.1) is 5.92 Å². The van der Waals surface area contributed by atoms with Crippen LogP contribution in [-0.4, -0.2) is 44.0 Å². The molecule has 2 unspecified atom stereocenters. The van der Waals surface area contributed by atoms with Gasteiger partial charge in [-0.3, -0.25) is 4.90 Å². The predicted molar refractivity (Wildman–Crippen MR) is 63.8 cm³/mol. The molecule has 1 heterocycles. The highest BCUT2D eigenvalue weighted by Gasteiger charge is 2.26. The van der Waals surface area contributed by atoms with E-state index in [4.69, 9.17) is 0 Å². The Hall–Kier alpha value is -0.0900. The van der Waals surface area contributed by atoms with E-state index in [1.807, 2.05) is 6.92 Å². The summed E-state index contributed by atoms with van der Waals surface area (Å²) in [6.45, 7) is 8.06. The van der Waals surface area contributed by atoms with Crippen molar-refractivity contribution in [3.63, 3.8) is 0 Å². The Morgan fingerprint density at radius 3 is 2.73 bits per heavy atom. The summed E-state index contributed by atoms with van der Waals surface area (Å²) >= 11 is 0. The van der Waals surface area contributed by atoms with Crippen molar-refractivity contribution >= 4 is 9.84 Å². The maximum atomic E-state index is 11.6. The molecule has 1 fully saturated rings. The Morgan fingerprint density at radius 2 is 2.13 bits per heavy atom.